The third kappa shape index (κ3) is 3.68. The molecule has 0 aliphatic heterocycles. The van der Waals surface area contributed by atoms with Crippen LogP contribution in [0.15, 0.2) is 18.2 Å². The Kier molecular flexibility index (Phi) is 5.68. The predicted octanol–water partition coefficient (Wildman–Crippen LogP) is 4.52. The highest BCUT2D eigenvalue weighted by atomic mass is 32.2. The number of thioether (sulfide) groups is 1. The van der Waals surface area contributed by atoms with Crippen LogP contribution < -0.4 is 4.74 Å². The summed E-state index contributed by atoms with van der Waals surface area (Å²) >= 11 is 1.35. The second-order valence-corrected chi connectivity index (χ2v) is 7.09. The predicted molar refractivity (Wildman–Crippen MR) is 102 cm³/mol. The summed E-state index contributed by atoms with van der Waals surface area (Å²) in [5, 5.41) is 8.14. The van der Waals surface area contributed by atoms with Crippen LogP contribution in [0.2, 0.25) is 0 Å². The van der Waals surface area contributed by atoms with Crippen molar-refractivity contribution in [2.45, 2.75) is 44.5 Å². The van der Waals surface area contributed by atoms with E-state index in [0.29, 0.717) is 24.0 Å². The summed E-state index contributed by atoms with van der Waals surface area (Å²) in [7, 11) is 1.95. The molecule has 0 amide bonds. The van der Waals surface area contributed by atoms with Crippen molar-refractivity contribution in [3.63, 3.8) is 0 Å². The Hall–Kier alpha value is -1.95. The molecule has 0 atom stereocenters. The van der Waals surface area contributed by atoms with E-state index >= 15 is 0 Å². The molecule has 3 rings (SSSR count). The first-order valence-electron chi connectivity index (χ1n) is 8.71. The van der Waals surface area contributed by atoms with Gasteiger partial charge in [0.25, 0.3) is 0 Å². The van der Waals surface area contributed by atoms with Gasteiger partial charge in [0.2, 0.25) is 0 Å². The van der Waals surface area contributed by atoms with Crippen LogP contribution in [0.5, 0.6) is 5.75 Å². The number of carbonyl (C=O) groups excluding carboxylic acids is 1. The second-order valence-electron chi connectivity index (χ2n) is 6.23. The van der Waals surface area contributed by atoms with Crippen molar-refractivity contribution in [1.82, 2.24) is 4.57 Å². The Balaban J connectivity index is 2.01. The molecule has 1 aromatic carbocycles. The Bertz CT molecular complexity index is 779. The monoisotopic (exact) mass is 360 g/mol. The molecule has 0 spiro atoms. The van der Waals surface area contributed by atoms with Gasteiger partial charge in [0.1, 0.15) is 5.75 Å². The van der Waals surface area contributed by atoms with Crippen molar-refractivity contribution in [2.75, 3.05) is 6.61 Å². The first kappa shape index (κ1) is 17.9. The van der Waals surface area contributed by atoms with Crippen LogP contribution >= 0.6 is 11.8 Å². The zero-order valence-electron chi connectivity index (χ0n) is 14.7. The third-order valence-electron chi connectivity index (χ3n) is 4.68. The molecule has 1 heterocycles. The molecule has 134 valence electrons. The molecule has 5 nitrogen and oxygen atoms in total. The zero-order chi connectivity index (χ0) is 17.8. The Labute approximate surface area is 152 Å². The minimum Gasteiger partial charge on any atom is -0.490 e. The van der Waals surface area contributed by atoms with Crippen molar-refractivity contribution in [3.05, 3.63) is 29.5 Å². The van der Waals surface area contributed by atoms with Gasteiger partial charge < -0.3 is 19.5 Å². The van der Waals surface area contributed by atoms with E-state index in [2.05, 4.69) is 0 Å². The smallest absolute Gasteiger partial charge is 0.340 e. The lowest BCUT2D eigenvalue weighted by molar-refractivity contribution is 0.0527. The van der Waals surface area contributed by atoms with Crippen LogP contribution in [-0.2, 0) is 17.5 Å². The first-order chi connectivity index (χ1) is 12.2. The second kappa shape index (κ2) is 7.95. The number of benzene rings is 1. The van der Waals surface area contributed by atoms with Gasteiger partial charge in [0.15, 0.2) is 0 Å². The average molecular weight is 360 g/mol. The van der Waals surface area contributed by atoms with Gasteiger partial charge in [0, 0.05) is 29.9 Å². The lowest BCUT2D eigenvalue weighted by Crippen LogP contribution is -2.10. The van der Waals surface area contributed by atoms with E-state index in [4.69, 9.17) is 14.9 Å². The van der Waals surface area contributed by atoms with E-state index in [1.54, 1.807) is 0 Å². The number of hydrogen-bond acceptors (Lipinski definition) is 5. The molecule has 6 heteroatoms. The highest BCUT2D eigenvalue weighted by Gasteiger charge is 2.23. The van der Waals surface area contributed by atoms with Crippen molar-refractivity contribution in [3.8, 4) is 5.75 Å². The van der Waals surface area contributed by atoms with E-state index < -0.39 is 0 Å². The number of rotatable bonds is 7. The van der Waals surface area contributed by atoms with Gasteiger partial charge in [-0.1, -0.05) is 0 Å². The van der Waals surface area contributed by atoms with Gasteiger partial charge in [-0.3, -0.25) is 0 Å². The average Bonchev–Trinajstić information content (AvgIpc) is 3.20. The first-order valence-corrected chi connectivity index (χ1v) is 9.76. The molecule has 1 aliphatic rings. The van der Waals surface area contributed by atoms with Crippen molar-refractivity contribution in [1.29, 1.82) is 5.41 Å². The maximum Gasteiger partial charge on any atom is 0.340 e. The molecule has 1 aromatic heterocycles. The normalized spacial score (nSPS) is 14.8. The summed E-state index contributed by atoms with van der Waals surface area (Å²) in [6.45, 7) is 2.15. The van der Waals surface area contributed by atoms with Crippen LogP contribution in [0.1, 0.15) is 48.7 Å². The Morgan fingerprint density at radius 1 is 1.40 bits per heavy atom. The molecule has 2 aromatic rings. The lowest BCUT2D eigenvalue weighted by Gasteiger charge is -2.13. The molecule has 0 radical (unpaired) electrons. The quantitative estimate of drug-likeness (QED) is 0.448. The summed E-state index contributed by atoms with van der Waals surface area (Å²) in [5.74, 6) is 1.10. The van der Waals surface area contributed by atoms with Crippen LogP contribution in [0, 0.1) is 5.41 Å². The fourth-order valence-electron chi connectivity index (χ4n) is 3.46. The number of ether oxygens (including phenoxy) is 2. The van der Waals surface area contributed by atoms with Gasteiger partial charge >= 0.3 is 5.97 Å². The summed E-state index contributed by atoms with van der Waals surface area (Å²) in [6, 6.07) is 5.90. The molecule has 1 N–H and O–H groups in total. The van der Waals surface area contributed by atoms with Crippen LogP contribution in [-0.4, -0.2) is 28.8 Å². The van der Waals surface area contributed by atoms with Crippen molar-refractivity contribution in [2.24, 2.45) is 7.05 Å². The highest BCUT2D eigenvalue weighted by molar-refractivity contribution is 8.11. The van der Waals surface area contributed by atoms with Gasteiger partial charge in [-0.25, -0.2) is 4.79 Å². The van der Waals surface area contributed by atoms with E-state index in [1.165, 1.54) is 30.2 Å². The number of aromatic nitrogens is 1. The van der Waals surface area contributed by atoms with Crippen LogP contribution in [0.3, 0.4) is 0 Å². The van der Waals surface area contributed by atoms with E-state index in [-0.39, 0.29) is 5.97 Å². The molecule has 0 unspecified atom stereocenters. The Morgan fingerprint density at radius 2 is 2.16 bits per heavy atom. The highest BCUT2D eigenvalue weighted by Crippen LogP contribution is 2.32. The SMILES string of the molecule is CCOC(=O)c1c(CSC=N)n(C)c2cc(OC3CCCC3)ccc12. The summed E-state index contributed by atoms with van der Waals surface area (Å²) < 4.78 is 13.4. The minimum atomic E-state index is -0.307. The summed E-state index contributed by atoms with van der Waals surface area (Å²) in [4.78, 5) is 12.5. The fraction of sp³-hybridized carbons (Fsp3) is 0.474. The molecule has 1 fully saturated rings. The number of nitrogens with one attached hydrogen (secondary N) is 1. The van der Waals surface area contributed by atoms with Gasteiger partial charge in [0.05, 0.1) is 29.3 Å². The number of aryl methyl sites for hydroxylation is 1. The number of esters is 1. The number of hydrogen-bond donors (Lipinski definition) is 1. The van der Waals surface area contributed by atoms with E-state index in [1.807, 2.05) is 36.7 Å². The molecular weight excluding hydrogens is 336 g/mol. The zero-order valence-corrected chi connectivity index (χ0v) is 15.5. The molecule has 1 saturated carbocycles. The van der Waals surface area contributed by atoms with Crippen molar-refractivity contribution >= 4 is 34.2 Å². The maximum atomic E-state index is 12.5. The van der Waals surface area contributed by atoms with Crippen molar-refractivity contribution < 1.29 is 14.3 Å². The summed E-state index contributed by atoms with van der Waals surface area (Å²) in [5.41, 5.74) is 3.72. The standard InChI is InChI=1S/C19H24N2O3S/c1-3-23-19(22)18-15-9-8-14(24-13-6-4-5-7-13)10-16(15)21(2)17(18)11-25-12-20/h8-10,12-13,20H,3-7,11H2,1-2H3. The van der Waals surface area contributed by atoms with Crippen LogP contribution in [0.4, 0.5) is 0 Å². The number of carbonyl (C=O) groups is 1. The van der Waals surface area contributed by atoms with E-state index in [9.17, 15) is 4.79 Å². The van der Waals surface area contributed by atoms with Gasteiger partial charge in [-0.2, -0.15) is 0 Å². The van der Waals surface area contributed by atoms with Gasteiger partial charge in [-0.15, -0.1) is 11.8 Å². The minimum absolute atomic E-state index is 0.301. The fourth-order valence-corrected chi connectivity index (χ4v) is 4.04. The lowest BCUT2D eigenvalue weighted by atomic mass is 10.1. The molecule has 25 heavy (non-hydrogen) atoms. The number of fused-ring (bicyclic) bond motifs is 1. The van der Waals surface area contributed by atoms with Gasteiger partial charge in [-0.05, 0) is 44.7 Å². The molecule has 1 aliphatic carbocycles. The van der Waals surface area contributed by atoms with E-state index in [0.717, 1.165) is 35.2 Å². The number of nitrogens with zero attached hydrogens (tertiary/aromatic N) is 1. The van der Waals surface area contributed by atoms with Crippen LogP contribution in [0.25, 0.3) is 10.9 Å². The molecular formula is C19H24N2O3S. The maximum absolute atomic E-state index is 12.5. The Morgan fingerprint density at radius 3 is 2.84 bits per heavy atom. The summed E-state index contributed by atoms with van der Waals surface area (Å²) in [6.07, 6.45) is 4.99. The molecule has 0 saturated heterocycles. The molecule has 0 bridgehead atoms. The largest absolute Gasteiger partial charge is 0.490 e. The third-order valence-corrected chi connectivity index (χ3v) is 5.29. The topological polar surface area (TPSA) is 64.3 Å².